The number of phenols is 2. The Morgan fingerprint density at radius 3 is 2.56 bits per heavy atom. The quantitative estimate of drug-likeness (QED) is 0.474. The molecule has 0 saturated heterocycles. The van der Waals surface area contributed by atoms with Crippen molar-refractivity contribution in [2.75, 3.05) is 7.11 Å². The van der Waals surface area contributed by atoms with Crippen LogP contribution in [0.3, 0.4) is 0 Å². The van der Waals surface area contributed by atoms with Crippen LogP contribution in [-0.2, 0) is 14.9 Å². The first kappa shape index (κ1) is 14.4. The van der Waals surface area contributed by atoms with E-state index < -0.39 is 5.41 Å². The van der Waals surface area contributed by atoms with Crippen LogP contribution in [0.25, 0.3) is 0 Å². The van der Waals surface area contributed by atoms with Crippen molar-refractivity contribution in [3.63, 3.8) is 0 Å². The number of esters is 1. The molecule has 0 amide bonds. The minimum atomic E-state index is -0.876. The van der Waals surface area contributed by atoms with Crippen LogP contribution >= 0.6 is 0 Å². The van der Waals surface area contributed by atoms with Gasteiger partial charge in [0.1, 0.15) is 0 Å². The monoisotopic (exact) mass is 248 g/mol. The summed E-state index contributed by atoms with van der Waals surface area (Å²) in [5, 5.41) is 18.8. The second-order valence-corrected chi connectivity index (χ2v) is 4.42. The Labute approximate surface area is 108 Å². The fourth-order valence-corrected chi connectivity index (χ4v) is 1.91. The standard InChI is InChI=1S/C13H17BO4/c1-13(6-3-7-14,12(17)18-2)9-4-5-10(15)11(16)8-9/h4-5,8,15-16H,3,6-7H2,1-2H3. The molecular formula is C13H17BO4. The lowest BCUT2D eigenvalue weighted by Gasteiger charge is -2.27. The smallest absolute Gasteiger partial charge is 0.315 e. The fraction of sp³-hybridized carbons (Fsp3) is 0.462. The van der Waals surface area contributed by atoms with Crippen molar-refractivity contribution in [1.29, 1.82) is 0 Å². The number of ether oxygens (including phenoxy) is 1. The molecule has 96 valence electrons. The first-order chi connectivity index (χ1) is 8.45. The number of aromatic hydroxyl groups is 2. The third kappa shape index (κ3) is 2.78. The Bertz CT molecular complexity index is 433. The number of carbonyl (C=O) groups excluding carboxylic acids is 1. The highest BCUT2D eigenvalue weighted by Crippen LogP contribution is 2.35. The Hall–Kier alpha value is -1.65. The second-order valence-electron chi connectivity index (χ2n) is 4.42. The maximum atomic E-state index is 11.9. The minimum absolute atomic E-state index is 0.218. The van der Waals surface area contributed by atoms with Crippen LogP contribution < -0.4 is 0 Å². The largest absolute Gasteiger partial charge is 0.504 e. The van der Waals surface area contributed by atoms with Gasteiger partial charge in [-0.15, -0.1) is 0 Å². The van der Waals surface area contributed by atoms with E-state index in [1.165, 1.54) is 19.2 Å². The molecule has 1 atom stereocenters. The van der Waals surface area contributed by atoms with Gasteiger partial charge in [0.2, 0.25) is 0 Å². The molecule has 0 aliphatic rings. The molecule has 0 fully saturated rings. The molecule has 0 aliphatic heterocycles. The van der Waals surface area contributed by atoms with E-state index in [1.54, 1.807) is 13.0 Å². The van der Waals surface area contributed by atoms with Gasteiger partial charge in [-0.1, -0.05) is 18.8 Å². The van der Waals surface area contributed by atoms with Crippen molar-refractivity contribution < 1.29 is 19.7 Å². The van der Waals surface area contributed by atoms with Gasteiger partial charge in [-0.2, -0.15) is 0 Å². The van der Waals surface area contributed by atoms with Gasteiger partial charge in [-0.05, 0) is 31.0 Å². The van der Waals surface area contributed by atoms with E-state index in [2.05, 4.69) is 0 Å². The van der Waals surface area contributed by atoms with E-state index in [0.717, 1.165) is 0 Å². The number of phenolic OH excluding ortho intramolecular Hbond substituents is 2. The molecule has 0 bridgehead atoms. The van der Waals surface area contributed by atoms with E-state index in [4.69, 9.17) is 12.6 Å². The Morgan fingerprint density at radius 1 is 1.39 bits per heavy atom. The number of rotatable bonds is 5. The summed E-state index contributed by atoms with van der Waals surface area (Å²) < 4.78 is 4.81. The number of carbonyl (C=O) groups is 1. The molecule has 0 heterocycles. The van der Waals surface area contributed by atoms with Crippen molar-refractivity contribution in [2.45, 2.75) is 31.5 Å². The van der Waals surface area contributed by atoms with Crippen LogP contribution in [0.1, 0.15) is 25.3 Å². The van der Waals surface area contributed by atoms with Crippen molar-refractivity contribution in [3.05, 3.63) is 23.8 Å². The van der Waals surface area contributed by atoms with Crippen molar-refractivity contribution >= 4 is 13.8 Å². The van der Waals surface area contributed by atoms with Gasteiger partial charge in [0.15, 0.2) is 11.5 Å². The van der Waals surface area contributed by atoms with E-state index in [0.29, 0.717) is 24.7 Å². The normalized spacial score (nSPS) is 13.9. The molecule has 0 aromatic heterocycles. The fourth-order valence-electron chi connectivity index (χ4n) is 1.91. The van der Waals surface area contributed by atoms with Gasteiger partial charge in [-0.3, -0.25) is 4.79 Å². The zero-order chi connectivity index (χ0) is 13.8. The molecule has 1 unspecified atom stereocenters. The van der Waals surface area contributed by atoms with Gasteiger partial charge in [-0.25, -0.2) is 0 Å². The zero-order valence-electron chi connectivity index (χ0n) is 10.6. The number of methoxy groups -OCH3 is 1. The third-order valence-electron chi connectivity index (χ3n) is 3.13. The molecule has 0 spiro atoms. The average molecular weight is 248 g/mol. The van der Waals surface area contributed by atoms with E-state index >= 15 is 0 Å². The first-order valence-corrected chi connectivity index (χ1v) is 5.76. The number of hydrogen-bond donors (Lipinski definition) is 2. The third-order valence-corrected chi connectivity index (χ3v) is 3.13. The van der Waals surface area contributed by atoms with E-state index in [-0.39, 0.29) is 17.5 Å². The Morgan fingerprint density at radius 2 is 2.06 bits per heavy atom. The molecule has 5 heteroatoms. The van der Waals surface area contributed by atoms with Crippen LogP contribution in [0, 0.1) is 0 Å². The highest BCUT2D eigenvalue weighted by Gasteiger charge is 2.36. The summed E-state index contributed by atoms with van der Waals surface area (Å²) in [5.74, 6) is -0.860. The molecule has 2 radical (unpaired) electrons. The maximum Gasteiger partial charge on any atom is 0.315 e. The van der Waals surface area contributed by atoms with Crippen LogP contribution in [0.4, 0.5) is 0 Å². The van der Waals surface area contributed by atoms with Gasteiger partial charge >= 0.3 is 5.97 Å². The SMILES string of the molecule is [B]CCCC(C)(C(=O)OC)c1ccc(O)c(O)c1. The minimum Gasteiger partial charge on any atom is -0.504 e. The molecule has 0 saturated carbocycles. The summed E-state index contributed by atoms with van der Waals surface area (Å²) in [6.45, 7) is 1.74. The highest BCUT2D eigenvalue weighted by molar-refractivity contribution is 6.08. The van der Waals surface area contributed by atoms with Crippen LogP contribution in [0.2, 0.25) is 6.32 Å². The molecule has 1 aromatic carbocycles. The summed E-state index contributed by atoms with van der Waals surface area (Å²) in [6, 6.07) is 4.33. The van der Waals surface area contributed by atoms with Gasteiger partial charge in [0, 0.05) is 0 Å². The molecule has 4 nitrogen and oxygen atoms in total. The lowest BCUT2D eigenvalue weighted by atomic mass is 9.77. The lowest BCUT2D eigenvalue weighted by molar-refractivity contribution is -0.147. The average Bonchev–Trinajstić information content (AvgIpc) is 2.38. The summed E-state index contributed by atoms with van der Waals surface area (Å²) in [4.78, 5) is 11.9. The summed E-state index contributed by atoms with van der Waals surface area (Å²) >= 11 is 0. The molecule has 18 heavy (non-hydrogen) atoms. The summed E-state index contributed by atoms with van der Waals surface area (Å²) in [6.07, 6.45) is 1.64. The molecule has 1 aromatic rings. The summed E-state index contributed by atoms with van der Waals surface area (Å²) in [7, 11) is 6.79. The molecular weight excluding hydrogens is 231 g/mol. The predicted octanol–water partition coefficient (Wildman–Crippen LogP) is 1.90. The van der Waals surface area contributed by atoms with Crippen molar-refractivity contribution in [3.8, 4) is 11.5 Å². The van der Waals surface area contributed by atoms with E-state index in [1.807, 2.05) is 0 Å². The van der Waals surface area contributed by atoms with Crippen LogP contribution in [0.5, 0.6) is 11.5 Å². The number of hydrogen-bond acceptors (Lipinski definition) is 4. The topological polar surface area (TPSA) is 66.8 Å². The van der Waals surface area contributed by atoms with Crippen molar-refractivity contribution in [1.82, 2.24) is 0 Å². The second kappa shape index (κ2) is 5.80. The van der Waals surface area contributed by atoms with Gasteiger partial charge < -0.3 is 14.9 Å². The number of benzene rings is 1. The van der Waals surface area contributed by atoms with Crippen LogP contribution in [-0.4, -0.2) is 31.1 Å². The predicted molar refractivity (Wildman–Crippen MR) is 68.9 cm³/mol. The van der Waals surface area contributed by atoms with E-state index in [9.17, 15) is 15.0 Å². The maximum absolute atomic E-state index is 11.9. The lowest BCUT2D eigenvalue weighted by Crippen LogP contribution is -2.33. The highest BCUT2D eigenvalue weighted by atomic mass is 16.5. The van der Waals surface area contributed by atoms with Gasteiger partial charge in [0.25, 0.3) is 0 Å². The van der Waals surface area contributed by atoms with Crippen LogP contribution in [0.15, 0.2) is 18.2 Å². The van der Waals surface area contributed by atoms with Crippen molar-refractivity contribution in [2.24, 2.45) is 0 Å². The zero-order valence-corrected chi connectivity index (χ0v) is 10.6. The molecule has 0 aliphatic carbocycles. The molecule has 2 N–H and O–H groups in total. The van der Waals surface area contributed by atoms with Gasteiger partial charge in [0.05, 0.1) is 20.4 Å². The Kier molecular flexibility index (Phi) is 4.65. The summed E-state index contributed by atoms with van der Waals surface area (Å²) in [5.41, 5.74) is -0.280. The first-order valence-electron chi connectivity index (χ1n) is 5.76. The Balaban J connectivity index is 3.16. The molecule has 1 rings (SSSR count).